The van der Waals surface area contributed by atoms with Crippen molar-refractivity contribution in [2.75, 3.05) is 6.54 Å². The molecule has 1 aromatic rings. The first-order valence-electron chi connectivity index (χ1n) is 4.35. The number of benzene rings is 1. The van der Waals surface area contributed by atoms with Crippen LogP contribution < -0.4 is 5.73 Å². The van der Waals surface area contributed by atoms with Gasteiger partial charge in [0, 0.05) is 10.1 Å². The molecule has 0 aliphatic carbocycles. The summed E-state index contributed by atoms with van der Waals surface area (Å²) in [4.78, 5) is 1.45. The van der Waals surface area contributed by atoms with Gasteiger partial charge in [0.15, 0.2) is 0 Å². The van der Waals surface area contributed by atoms with Crippen molar-refractivity contribution in [3.63, 3.8) is 0 Å². The van der Waals surface area contributed by atoms with Gasteiger partial charge in [-0.1, -0.05) is 18.2 Å². The first-order valence-corrected chi connectivity index (χ1v) is 5.23. The second kappa shape index (κ2) is 3.50. The van der Waals surface area contributed by atoms with Crippen LogP contribution in [0.1, 0.15) is 12.0 Å². The largest absolute Gasteiger partial charge is 0.330 e. The molecule has 2 N–H and O–H groups in total. The van der Waals surface area contributed by atoms with E-state index < -0.39 is 0 Å². The molecule has 0 amide bonds. The minimum absolute atomic E-state index is 0.729. The van der Waals surface area contributed by atoms with E-state index in [1.807, 2.05) is 11.8 Å². The summed E-state index contributed by atoms with van der Waals surface area (Å²) < 4.78 is 0. The molecule has 1 unspecified atom stereocenters. The standard InChI is InChI=1S/C10H13NS/c11-6-5-9-7-8-3-1-2-4-10(8)12-9/h1-4,9H,5-7,11H2. The Morgan fingerprint density at radius 3 is 3.00 bits per heavy atom. The van der Waals surface area contributed by atoms with Crippen molar-refractivity contribution in [2.24, 2.45) is 5.73 Å². The van der Waals surface area contributed by atoms with Crippen LogP contribution in [0.3, 0.4) is 0 Å². The lowest BCUT2D eigenvalue weighted by atomic mass is 10.1. The lowest BCUT2D eigenvalue weighted by Gasteiger charge is -2.03. The van der Waals surface area contributed by atoms with Crippen molar-refractivity contribution in [3.8, 4) is 0 Å². The number of hydrogen-bond acceptors (Lipinski definition) is 2. The van der Waals surface area contributed by atoms with E-state index in [2.05, 4.69) is 24.3 Å². The van der Waals surface area contributed by atoms with E-state index >= 15 is 0 Å². The molecule has 2 rings (SSSR count). The maximum Gasteiger partial charge on any atom is 0.0147 e. The summed E-state index contributed by atoms with van der Waals surface area (Å²) >= 11 is 1.98. The summed E-state index contributed by atoms with van der Waals surface area (Å²) in [6.45, 7) is 0.811. The van der Waals surface area contributed by atoms with Gasteiger partial charge in [-0.05, 0) is 31.0 Å². The van der Waals surface area contributed by atoms with Crippen molar-refractivity contribution in [2.45, 2.75) is 23.0 Å². The van der Waals surface area contributed by atoms with Gasteiger partial charge >= 0.3 is 0 Å². The Labute approximate surface area is 77.3 Å². The first-order chi connectivity index (χ1) is 5.90. The summed E-state index contributed by atoms with van der Waals surface area (Å²) in [5, 5.41) is 0.729. The van der Waals surface area contributed by atoms with Gasteiger partial charge in [-0.3, -0.25) is 0 Å². The molecule has 1 aliphatic heterocycles. The molecular formula is C10H13NS. The lowest BCUT2D eigenvalue weighted by Crippen LogP contribution is -2.09. The van der Waals surface area contributed by atoms with Gasteiger partial charge in [0.2, 0.25) is 0 Å². The third-order valence-electron chi connectivity index (χ3n) is 2.20. The highest BCUT2D eigenvalue weighted by Gasteiger charge is 2.20. The summed E-state index contributed by atoms with van der Waals surface area (Å²) in [5.41, 5.74) is 7.03. The van der Waals surface area contributed by atoms with E-state index in [1.165, 1.54) is 16.9 Å². The van der Waals surface area contributed by atoms with E-state index in [4.69, 9.17) is 5.73 Å². The average molecular weight is 179 g/mol. The van der Waals surface area contributed by atoms with Gasteiger partial charge in [0.1, 0.15) is 0 Å². The Morgan fingerprint density at radius 1 is 1.42 bits per heavy atom. The molecule has 12 heavy (non-hydrogen) atoms. The minimum Gasteiger partial charge on any atom is -0.330 e. The van der Waals surface area contributed by atoms with Crippen LogP contribution in [0.25, 0.3) is 0 Å². The zero-order chi connectivity index (χ0) is 8.39. The molecule has 2 heteroatoms. The third-order valence-corrected chi connectivity index (χ3v) is 3.59. The van der Waals surface area contributed by atoms with Crippen molar-refractivity contribution in [1.82, 2.24) is 0 Å². The van der Waals surface area contributed by atoms with E-state index in [-0.39, 0.29) is 0 Å². The highest BCUT2D eigenvalue weighted by molar-refractivity contribution is 8.00. The van der Waals surface area contributed by atoms with E-state index in [9.17, 15) is 0 Å². The van der Waals surface area contributed by atoms with Crippen LogP contribution in [-0.2, 0) is 6.42 Å². The Morgan fingerprint density at radius 2 is 2.25 bits per heavy atom. The topological polar surface area (TPSA) is 26.0 Å². The fourth-order valence-corrected chi connectivity index (χ4v) is 2.94. The Balaban J connectivity index is 2.11. The molecular weight excluding hydrogens is 166 g/mol. The molecule has 0 radical (unpaired) electrons. The van der Waals surface area contributed by atoms with Gasteiger partial charge in [0.05, 0.1) is 0 Å². The summed E-state index contributed by atoms with van der Waals surface area (Å²) in [5.74, 6) is 0. The van der Waals surface area contributed by atoms with Crippen LogP contribution in [0.4, 0.5) is 0 Å². The average Bonchev–Trinajstić information content (AvgIpc) is 2.47. The van der Waals surface area contributed by atoms with E-state index in [0.717, 1.165) is 18.2 Å². The van der Waals surface area contributed by atoms with Gasteiger partial charge in [-0.25, -0.2) is 0 Å². The third kappa shape index (κ3) is 1.50. The fraction of sp³-hybridized carbons (Fsp3) is 0.400. The molecule has 1 aromatic carbocycles. The quantitative estimate of drug-likeness (QED) is 0.752. The lowest BCUT2D eigenvalue weighted by molar-refractivity contribution is 0.774. The monoisotopic (exact) mass is 179 g/mol. The number of hydrogen-bond donors (Lipinski definition) is 1. The van der Waals surface area contributed by atoms with E-state index in [0.29, 0.717) is 0 Å². The Bertz CT molecular complexity index is 247. The highest BCUT2D eigenvalue weighted by atomic mass is 32.2. The maximum absolute atomic E-state index is 5.53. The second-order valence-electron chi connectivity index (χ2n) is 3.13. The van der Waals surface area contributed by atoms with Crippen molar-refractivity contribution >= 4 is 11.8 Å². The minimum atomic E-state index is 0.729. The van der Waals surface area contributed by atoms with Crippen LogP contribution >= 0.6 is 11.8 Å². The smallest absolute Gasteiger partial charge is 0.0147 e. The van der Waals surface area contributed by atoms with Crippen LogP contribution in [0.5, 0.6) is 0 Å². The van der Waals surface area contributed by atoms with Gasteiger partial charge in [-0.15, -0.1) is 11.8 Å². The van der Waals surface area contributed by atoms with Crippen LogP contribution in [0.2, 0.25) is 0 Å². The van der Waals surface area contributed by atoms with Crippen LogP contribution in [0.15, 0.2) is 29.2 Å². The summed E-state index contributed by atoms with van der Waals surface area (Å²) in [7, 11) is 0. The van der Waals surface area contributed by atoms with Crippen molar-refractivity contribution in [3.05, 3.63) is 29.8 Å². The Kier molecular flexibility index (Phi) is 2.38. The van der Waals surface area contributed by atoms with Crippen LogP contribution in [0, 0.1) is 0 Å². The van der Waals surface area contributed by atoms with Gasteiger partial charge < -0.3 is 5.73 Å². The van der Waals surface area contributed by atoms with Crippen molar-refractivity contribution in [1.29, 1.82) is 0 Å². The normalized spacial score (nSPS) is 20.9. The number of nitrogens with two attached hydrogens (primary N) is 1. The number of fused-ring (bicyclic) bond motifs is 1. The number of thioether (sulfide) groups is 1. The highest BCUT2D eigenvalue weighted by Crippen LogP contribution is 2.37. The zero-order valence-electron chi connectivity index (χ0n) is 6.99. The molecule has 64 valence electrons. The van der Waals surface area contributed by atoms with E-state index in [1.54, 1.807) is 0 Å². The SMILES string of the molecule is NCCC1Cc2ccccc2S1. The maximum atomic E-state index is 5.53. The first kappa shape index (κ1) is 8.14. The molecule has 0 fully saturated rings. The number of rotatable bonds is 2. The molecule has 0 saturated heterocycles. The van der Waals surface area contributed by atoms with Gasteiger partial charge in [-0.2, -0.15) is 0 Å². The zero-order valence-corrected chi connectivity index (χ0v) is 7.81. The fourth-order valence-electron chi connectivity index (χ4n) is 1.60. The molecule has 0 saturated carbocycles. The molecule has 1 nitrogen and oxygen atoms in total. The Hall–Kier alpha value is -0.470. The predicted octanol–water partition coefficient (Wildman–Crippen LogP) is 2.05. The molecule has 1 aliphatic rings. The second-order valence-corrected chi connectivity index (χ2v) is 4.47. The molecule has 0 bridgehead atoms. The molecule has 0 aromatic heterocycles. The molecule has 1 atom stereocenters. The van der Waals surface area contributed by atoms with Gasteiger partial charge in [0.25, 0.3) is 0 Å². The molecule has 0 spiro atoms. The summed E-state index contributed by atoms with van der Waals surface area (Å²) in [6.07, 6.45) is 2.34. The van der Waals surface area contributed by atoms with Crippen LogP contribution in [-0.4, -0.2) is 11.8 Å². The molecule has 1 heterocycles. The predicted molar refractivity (Wildman–Crippen MR) is 53.5 cm³/mol. The summed E-state index contributed by atoms with van der Waals surface area (Å²) in [6, 6.07) is 8.65. The van der Waals surface area contributed by atoms with Crippen molar-refractivity contribution < 1.29 is 0 Å².